The summed E-state index contributed by atoms with van der Waals surface area (Å²) in [7, 11) is 0. The van der Waals surface area contributed by atoms with Gasteiger partial charge in [-0.15, -0.1) is 23.7 Å². The molecule has 0 amide bonds. The molecule has 2 aromatic rings. The summed E-state index contributed by atoms with van der Waals surface area (Å²) in [4.78, 5) is 11.0. The van der Waals surface area contributed by atoms with Crippen molar-refractivity contribution < 1.29 is 16.5 Å². The van der Waals surface area contributed by atoms with Gasteiger partial charge in [0.1, 0.15) is 0 Å². The molecule has 0 spiro atoms. The largest absolute Gasteiger partial charge is 0.251 e. The zero-order chi connectivity index (χ0) is 52.0. The fourth-order valence-electron chi connectivity index (χ4n) is 10.0. The van der Waals surface area contributed by atoms with Crippen LogP contribution in [0.15, 0.2) is 70.7 Å². The Morgan fingerprint density at radius 3 is 1.04 bits per heavy atom. The van der Waals surface area contributed by atoms with Crippen LogP contribution in [0.2, 0.25) is 0 Å². The van der Waals surface area contributed by atoms with Crippen molar-refractivity contribution >= 4 is 22.8 Å². The fraction of sp³-hybridized carbons (Fsp3) is 0.718. The van der Waals surface area contributed by atoms with E-state index in [1.54, 1.807) is 0 Å². The zero-order valence-corrected chi connectivity index (χ0v) is 50.2. The standard InChI is InChI=1S/C71H116N2.Ni/c1-5-9-13-16-19-22-25-28-29-30-31-32-33-34-35-36-37-38-41-44-47-50-53-65-71(73-69-64-57-55-61-67(69)59-52-49-46-43-40-27-24-21-18-15-11-7-3)70(62-12-8-4)72-68-63-56-54-60-66(68)58-51-48-45-42-39-26-23-20-17-14-10-6-2;/h53-57,60-61,63-65H,5-41,44,47-52,58-59,62H2,1-4H3;. The molecule has 0 aliphatic heterocycles. The van der Waals surface area contributed by atoms with Gasteiger partial charge in [-0.2, -0.15) is 0 Å². The minimum absolute atomic E-state index is 0. The molecular formula is C71H116N2Ni. The minimum Gasteiger partial charge on any atom is -0.251 e. The average Bonchev–Trinajstić information content (AvgIpc) is 3.41. The number of allylic oxidation sites excluding steroid dienone is 2. The Morgan fingerprint density at radius 1 is 0.351 bits per heavy atom. The summed E-state index contributed by atoms with van der Waals surface area (Å²) in [6.07, 6.45) is 65.7. The van der Waals surface area contributed by atoms with Crippen LogP contribution >= 0.6 is 0 Å². The Morgan fingerprint density at radius 2 is 0.662 bits per heavy atom. The summed E-state index contributed by atoms with van der Waals surface area (Å²) in [5.74, 6) is 13.9. The molecule has 0 heterocycles. The number of hydrogen-bond acceptors (Lipinski definition) is 2. The van der Waals surface area contributed by atoms with Crippen LogP contribution in [0.5, 0.6) is 0 Å². The molecular weight excluding hydrogens is 939 g/mol. The first-order chi connectivity index (χ1) is 36.2. The van der Waals surface area contributed by atoms with E-state index in [0.717, 1.165) is 99.8 Å². The maximum atomic E-state index is 5.52. The predicted octanol–water partition coefficient (Wildman–Crippen LogP) is 23.8. The maximum Gasteiger partial charge on any atom is 0.0848 e. The van der Waals surface area contributed by atoms with Gasteiger partial charge in [-0.05, 0) is 93.5 Å². The number of aryl methyl sites for hydroxylation is 2. The van der Waals surface area contributed by atoms with Crippen molar-refractivity contribution in [1.82, 2.24) is 0 Å². The summed E-state index contributed by atoms with van der Waals surface area (Å²) in [6, 6.07) is 17.7. The SMILES string of the molecule is CCCCCCCCCC#CCCCc1ccccc1N=C(C=CCCCCCCCCCCCCCCCCCCCCCCC)C(CCCC)=Nc1ccccc1CCCC#CCCCCCCCCC.[Ni]. The van der Waals surface area contributed by atoms with Gasteiger partial charge in [0.15, 0.2) is 0 Å². The molecule has 0 bridgehead atoms. The van der Waals surface area contributed by atoms with E-state index in [9.17, 15) is 0 Å². The third-order valence-electron chi connectivity index (χ3n) is 14.8. The van der Waals surface area contributed by atoms with Crippen LogP contribution in [0.25, 0.3) is 0 Å². The summed E-state index contributed by atoms with van der Waals surface area (Å²) in [5, 5.41) is 0. The van der Waals surface area contributed by atoms with Crippen LogP contribution in [0.4, 0.5) is 11.4 Å². The second kappa shape index (κ2) is 54.9. The third-order valence-corrected chi connectivity index (χ3v) is 14.8. The summed E-state index contributed by atoms with van der Waals surface area (Å²) in [5.41, 5.74) is 6.96. The van der Waals surface area contributed by atoms with Gasteiger partial charge in [-0.3, -0.25) is 4.99 Å². The van der Waals surface area contributed by atoms with E-state index in [4.69, 9.17) is 9.98 Å². The van der Waals surface area contributed by atoms with Crippen molar-refractivity contribution in [2.45, 2.75) is 329 Å². The van der Waals surface area contributed by atoms with E-state index in [1.165, 1.54) is 236 Å². The van der Waals surface area contributed by atoms with E-state index in [0.29, 0.717) is 0 Å². The molecule has 74 heavy (non-hydrogen) atoms. The Balaban J connectivity index is 0.0000274. The Kier molecular flexibility index (Phi) is 51.3. The van der Waals surface area contributed by atoms with Crippen molar-refractivity contribution in [3.63, 3.8) is 0 Å². The average molecular weight is 1060 g/mol. The van der Waals surface area contributed by atoms with E-state index in [-0.39, 0.29) is 16.5 Å². The monoisotopic (exact) mass is 1050 g/mol. The molecule has 2 rings (SSSR count). The van der Waals surface area contributed by atoms with Crippen LogP contribution in [-0.4, -0.2) is 11.4 Å². The van der Waals surface area contributed by atoms with Crippen LogP contribution in [0.3, 0.4) is 0 Å². The van der Waals surface area contributed by atoms with Gasteiger partial charge in [0.2, 0.25) is 0 Å². The van der Waals surface area contributed by atoms with Gasteiger partial charge in [0.25, 0.3) is 0 Å². The van der Waals surface area contributed by atoms with Crippen molar-refractivity contribution in [3.8, 4) is 23.7 Å². The molecule has 0 N–H and O–H groups in total. The summed E-state index contributed by atoms with van der Waals surface area (Å²) < 4.78 is 0. The predicted molar refractivity (Wildman–Crippen MR) is 330 cm³/mol. The second-order valence-electron chi connectivity index (χ2n) is 21.8. The number of aliphatic imine (C=N–C) groups is 2. The van der Waals surface area contributed by atoms with Gasteiger partial charge in [0, 0.05) is 42.2 Å². The fourth-order valence-corrected chi connectivity index (χ4v) is 10.0. The van der Waals surface area contributed by atoms with Crippen molar-refractivity contribution in [1.29, 1.82) is 0 Å². The molecule has 0 saturated heterocycles. The molecule has 3 heteroatoms. The first-order valence-corrected chi connectivity index (χ1v) is 32.1. The van der Waals surface area contributed by atoms with E-state index < -0.39 is 0 Å². The van der Waals surface area contributed by atoms with Gasteiger partial charge in [-0.25, -0.2) is 4.99 Å². The van der Waals surface area contributed by atoms with Crippen molar-refractivity contribution in [2.24, 2.45) is 9.98 Å². The molecule has 0 radical (unpaired) electrons. The van der Waals surface area contributed by atoms with Crippen molar-refractivity contribution in [2.75, 3.05) is 0 Å². The Bertz CT molecular complexity index is 1760. The normalized spacial score (nSPS) is 11.7. The number of nitrogens with zero attached hydrogens (tertiary/aromatic N) is 2. The van der Waals surface area contributed by atoms with Gasteiger partial charge < -0.3 is 0 Å². The third kappa shape index (κ3) is 41.3. The van der Waals surface area contributed by atoms with Gasteiger partial charge in [-0.1, -0.05) is 282 Å². The molecule has 0 aliphatic rings. The topological polar surface area (TPSA) is 24.7 Å². The van der Waals surface area contributed by atoms with Crippen LogP contribution in [0.1, 0.15) is 328 Å². The zero-order valence-electron chi connectivity index (χ0n) is 49.2. The van der Waals surface area contributed by atoms with Gasteiger partial charge >= 0.3 is 0 Å². The van der Waals surface area contributed by atoms with Crippen LogP contribution in [-0.2, 0) is 29.3 Å². The second-order valence-corrected chi connectivity index (χ2v) is 21.8. The first-order valence-electron chi connectivity index (χ1n) is 32.1. The molecule has 0 unspecified atom stereocenters. The molecule has 0 aromatic heterocycles. The molecule has 0 atom stereocenters. The van der Waals surface area contributed by atoms with Gasteiger partial charge in [0.05, 0.1) is 22.8 Å². The van der Waals surface area contributed by atoms with E-state index in [2.05, 4.69) is 112 Å². The maximum absolute atomic E-state index is 5.52. The molecule has 0 fully saturated rings. The number of benzene rings is 2. The van der Waals surface area contributed by atoms with Crippen LogP contribution in [0, 0.1) is 23.7 Å². The number of rotatable bonds is 49. The quantitative estimate of drug-likeness (QED) is 0.0273. The smallest absolute Gasteiger partial charge is 0.0848 e. The van der Waals surface area contributed by atoms with Crippen LogP contribution < -0.4 is 0 Å². The Labute approximate surface area is 471 Å². The minimum atomic E-state index is 0. The number of hydrogen-bond donors (Lipinski definition) is 0. The molecule has 2 nitrogen and oxygen atoms in total. The molecule has 0 aliphatic carbocycles. The first kappa shape index (κ1) is 69.1. The molecule has 0 saturated carbocycles. The van der Waals surface area contributed by atoms with E-state index >= 15 is 0 Å². The molecule has 420 valence electrons. The van der Waals surface area contributed by atoms with E-state index in [1.807, 2.05) is 0 Å². The number of unbranched alkanes of at least 4 members (excludes halogenated alkanes) is 38. The Hall–Kier alpha value is -2.87. The molecule has 2 aromatic carbocycles. The summed E-state index contributed by atoms with van der Waals surface area (Å²) in [6.45, 7) is 9.18. The van der Waals surface area contributed by atoms with Crippen molar-refractivity contribution in [3.05, 3.63) is 71.8 Å². The summed E-state index contributed by atoms with van der Waals surface area (Å²) >= 11 is 0. The number of para-hydroxylation sites is 2.